The third-order valence-electron chi connectivity index (χ3n) is 4.91. The number of carbonyl (C=O) groups excluding carboxylic acids is 5. The van der Waals surface area contributed by atoms with Gasteiger partial charge in [-0.15, -0.1) is 0 Å². The lowest BCUT2D eigenvalue weighted by Crippen LogP contribution is -2.57. The zero-order chi connectivity index (χ0) is 27.3. The zero-order valence-corrected chi connectivity index (χ0v) is 20.5. The molecule has 200 valence electrons. The standard InChI is InChI=1S/C20H32N8O7S/c1-36-5-4-13(19(33)28-14(20(34)35)7-16(23)30)27-18(32)12(2-3-15(22)29)26-17(31)11(21)6-10-8-24-9-25-10/h8-9,11-14H,2-7,21H2,1H3,(H2,22,29)(H2,23,30)(H,24,25)(H,26,31)(H,27,32)(H,28,33)(H,34,35). The molecule has 0 aliphatic rings. The molecule has 1 heterocycles. The van der Waals surface area contributed by atoms with Crippen LogP contribution in [0.15, 0.2) is 12.5 Å². The summed E-state index contributed by atoms with van der Waals surface area (Å²) >= 11 is 1.37. The van der Waals surface area contributed by atoms with E-state index < -0.39 is 66.1 Å². The average Bonchev–Trinajstić information content (AvgIpc) is 3.30. The van der Waals surface area contributed by atoms with Gasteiger partial charge in [-0.2, -0.15) is 11.8 Å². The molecule has 0 aliphatic carbocycles. The van der Waals surface area contributed by atoms with Gasteiger partial charge in [0.25, 0.3) is 0 Å². The third kappa shape index (κ3) is 11.2. The molecule has 0 aliphatic heterocycles. The Morgan fingerprint density at radius 2 is 1.56 bits per heavy atom. The average molecular weight is 529 g/mol. The van der Waals surface area contributed by atoms with Crippen LogP contribution in [0.2, 0.25) is 0 Å². The smallest absolute Gasteiger partial charge is 0.326 e. The first-order valence-electron chi connectivity index (χ1n) is 10.9. The fourth-order valence-electron chi connectivity index (χ4n) is 3.01. The van der Waals surface area contributed by atoms with E-state index in [0.29, 0.717) is 11.4 Å². The molecule has 1 aromatic rings. The van der Waals surface area contributed by atoms with Crippen molar-refractivity contribution in [3.63, 3.8) is 0 Å². The second kappa shape index (κ2) is 15.4. The Hall–Kier alpha value is -3.66. The van der Waals surface area contributed by atoms with Gasteiger partial charge < -0.3 is 43.2 Å². The molecule has 4 atom stereocenters. The number of aromatic nitrogens is 2. The fourth-order valence-corrected chi connectivity index (χ4v) is 3.48. The number of H-pyrrole nitrogens is 1. The van der Waals surface area contributed by atoms with E-state index in [1.807, 2.05) is 0 Å². The molecule has 5 amide bonds. The van der Waals surface area contributed by atoms with Crippen molar-refractivity contribution in [3.8, 4) is 0 Å². The lowest BCUT2D eigenvalue weighted by Gasteiger charge is -2.25. The number of hydrogen-bond acceptors (Lipinski definition) is 9. The van der Waals surface area contributed by atoms with Crippen LogP contribution in [0.5, 0.6) is 0 Å². The molecule has 0 spiro atoms. The van der Waals surface area contributed by atoms with Crippen LogP contribution in [0, 0.1) is 0 Å². The summed E-state index contributed by atoms with van der Waals surface area (Å²) in [5, 5.41) is 16.3. The van der Waals surface area contributed by atoms with Crippen LogP contribution in [0.25, 0.3) is 0 Å². The number of imidazole rings is 1. The Kier molecular flexibility index (Phi) is 13.0. The van der Waals surface area contributed by atoms with Gasteiger partial charge in [0.2, 0.25) is 29.5 Å². The number of rotatable bonds is 17. The molecule has 4 unspecified atom stereocenters. The summed E-state index contributed by atoms with van der Waals surface area (Å²) in [7, 11) is 0. The van der Waals surface area contributed by atoms with Crippen LogP contribution in [-0.4, -0.2) is 86.8 Å². The molecule has 0 radical (unpaired) electrons. The van der Waals surface area contributed by atoms with Crippen LogP contribution in [0.1, 0.15) is 31.4 Å². The second-order valence-corrected chi connectivity index (χ2v) is 8.85. The first-order chi connectivity index (χ1) is 16.9. The second-order valence-electron chi connectivity index (χ2n) is 7.87. The minimum absolute atomic E-state index is 0.102. The van der Waals surface area contributed by atoms with E-state index in [2.05, 4.69) is 25.9 Å². The van der Waals surface area contributed by atoms with Crippen molar-refractivity contribution in [3.05, 3.63) is 18.2 Å². The number of amides is 5. The highest BCUT2D eigenvalue weighted by Crippen LogP contribution is 2.06. The van der Waals surface area contributed by atoms with E-state index in [-0.39, 0.29) is 25.7 Å². The third-order valence-corrected chi connectivity index (χ3v) is 5.55. The van der Waals surface area contributed by atoms with E-state index in [9.17, 15) is 33.9 Å². The van der Waals surface area contributed by atoms with Gasteiger partial charge in [0.05, 0.1) is 18.8 Å². The summed E-state index contributed by atoms with van der Waals surface area (Å²) < 4.78 is 0. The highest BCUT2D eigenvalue weighted by atomic mass is 32.2. The maximum absolute atomic E-state index is 13.0. The zero-order valence-electron chi connectivity index (χ0n) is 19.7. The van der Waals surface area contributed by atoms with Crippen molar-refractivity contribution >= 4 is 47.3 Å². The largest absolute Gasteiger partial charge is 0.480 e. The van der Waals surface area contributed by atoms with Gasteiger partial charge in [-0.3, -0.25) is 24.0 Å². The Bertz CT molecular complexity index is 927. The summed E-state index contributed by atoms with van der Waals surface area (Å²) in [6.07, 6.45) is 3.83. The molecule has 0 saturated carbocycles. The van der Waals surface area contributed by atoms with Crippen molar-refractivity contribution in [2.75, 3.05) is 12.0 Å². The molecule has 15 nitrogen and oxygen atoms in total. The van der Waals surface area contributed by atoms with Crippen LogP contribution in [0.3, 0.4) is 0 Å². The predicted octanol–water partition coefficient (Wildman–Crippen LogP) is -3.29. The Morgan fingerprint density at radius 1 is 0.972 bits per heavy atom. The van der Waals surface area contributed by atoms with Crippen molar-refractivity contribution in [1.82, 2.24) is 25.9 Å². The lowest BCUT2D eigenvalue weighted by molar-refractivity contribution is -0.143. The number of aromatic amines is 1. The number of nitrogens with zero attached hydrogens (tertiary/aromatic N) is 1. The van der Waals surface area contributed by atoms with E-state index in [4.69, 9.17) is 17.2 Å². The van der Waals surface area contributed by atoms with Gasteiger partial charge in [0.15, 0.2) is 0 Å². The highest BCUT2D eigenvalue weighted by Gasteiger charge is 2.31. The number of hydrogen-bond donors (Lipinski definition) is 8. The lowest BCUT2D eigenvalue weighted by atomic mass is 10.1. The monoisotopic (exact) mass is 528 g/mol. The molecule has 0 bridgehead atoms. The molecular weight excluding hydrogens is 496 g/mol. The highest BCUT2D eigenvalue weighted by molar-refractivity contribution is 7.98. The number of carbonyl (C=O) groups is 6. The van der Waals surface area contributed by atoms with Gasteiger partial charge in [0.1, 0.15) is 18.1 Å². The number of nitrogens with one attached hydrogen (secondary N) is 4. The summed E-state index contributed by atoms with van der Waals surface area (Å²) in [5.74, 6) is -5.06. The van der Waals surface area contributed by atoms with Gasteiger partial charge in [-0.1, -0.05) is 0 Å². The minimum atomic E-state index is -1.59. The molecule has 16 heteroatoms. The normalized spacial score (nSPS) is 14.1. The van der Waals surface area contributed by atoms with E-state index in [1.165, 1.54) is 24.3 Å². The molecular formula is C20H32N8O7S. The van der Waals surface area contributed by atoms with Crippen molar-refractivity contribution in [1.29, 1.82) is 0 Å². The molecule has 0 aromatic carbocycles. The van der Waals surface area contributed by atoms with Crippen molar-refractivity contribution < 1.29 is 33.9 Å². The van der Waals surface area contributed by atoms with Crippen LogP contribution in [-0.2, 0) is 35.2 Å². The number of nitrogens with two attached hydrogens (primary N) is 3. The number of carboxylic acids is 1. The van der Waals surface area contributed by atoms with Gasteiger partial charge in [0, 0.05) is 24.7 Å². The van der Waals surface area contributed by atoms with Gasteiger partial charge in [-0.25, -0.2) is 9.78 Å². The number of primary amides is 2. The number of aliphatic carboxylic acids is 1. The van der Waals surface area contributed by atoms with E-state index in [1.54, 1.807) is 6.26 Å². The maximum atomic E-state index is 13.0. The summed E-state index contributed by atoms with van der Waals surface area (Å²) in [5.41, 5.74) is 16.7. The van der Waals surface area contributed by atoms with Gasteiger partial charge in [-0.05, 0) is 24.9 Å². The molecule has 11 N–H and O–H groups in total. The number of carboxylic acid groups (broad SMARTS) is 1. The molecule has 1 aromatic heterocycles. The Labute approximate surface area is 211 Å². The topological polar surface area (TPSA) is 265 Å². The predicted molar refractivity (Wildman–Crippen MR) is 129 cm³/mol. The molecule has 0 saturated heterocycles. The molecule has 36 heavy (non-hydrogen) atoms. The maximum Gasteiger partial charge on any atom is 0.326 e. The van der Waals surface area contributed by atoms with E-state index >= 15 is 0 Å². The van der Waals surface area contributed by atoms with Crippen molar-refractivity contribution in [2.24, 2.45) is 17.2 Å². The molecule has 1 rings (SSSR count). The summed E-state index contributed by atoms with van der Waals surface area (Å²) in [6.45, 7) is 0. The molecule has 0 fully saturated rings. The Balaban J connectivity index is 2.96. The van der Waals surface area contributed by atoms with Crippen LogP contribution in [0.4, 0.5) is 0 Å². The summed E-state index contributed by atoms with van der Waals surface area (Å²) in [4.78, 5) is 78.7. The van der Waals surface area contributed by atoms with Crippen LogP contribution >= 0.6 is 11.8 Å². The SMILES string of the molecule is CSCCC(NC(=O)C(CCC(N)=O)NC(=O)C(N)Cc1cnc[nH]1)C(=O)NC(CC(N)=O)C(=O)O. The van der Waals surface area contributed by atoms with Crippen molar-refractivity contribution in [2.45, 2.75) is 56.3 Å². The van der Waals surface area contributed by atoms with E-state index in [0.717, 1.165) is 0 Å². The summed E-state index contributed by atoms with van der Waals surface area (Å²) in [6, 6.07) is -5.10. The first kappa shape index (κ1) is 30.4. The minimum Gasteiger partial charge on any atom is -0.480 e. The van der Waals surface area contributed by atoms with Gasteiger partial charge >= 0.3 is 5.97 Å². The fraction of sp³-hybridized carbons (Fsp3) is 0.550. The first-order valence-corrected chi connectivity index (χ1v) is 12.3. The van der Waals surface area contributed by atoms with Crippen LogP contribution < -0.4 is 33.2 Å². The quantitative estimate of drug-likeness (QED) is 0.0998. The number of thioether (sulfide) groups is 1. The Morgan fingerprint density at radius 3 is 2.06 bits per heavy atom.